The Morgan fingerprint density at radius 2 is 1.89 bits per heavy atom. The maximum absolute atomic E-state index is 13.5. The lowest BCUT2D eigenvalue weighted by Gasteiger charge is -2.39. The van der Waals surface area contributed by atoms with Gasteiger partial charge in [-0.2, -0.15) is 18.3 Å². The molecule has 0 saturated carbocycles. The molecule has 2 N–H and O–H groups in total. The van der Waals surface area contributed by atoms with E-state index < -0.39 is 30.0 Å². The number of H-pyrrole nitrogens is 1. The smallest absolute Gasteiger partial charge is 0.417 e. The number of aromatic nitrogens is 5. The summed E-state index contributed by atoms with van der Waals surface area (Å²) in [5.41, 5.74) is -0.364. The van der Waals surface area contributed by atoms with E-state index in [0.29, 0.717) is 13.1 Å². The van der Waals surface area contributed by atoms with Gasteiger partial charge in [0.2, 0.25) is 0 Å². The van der Waals surface area contributed by atoms with E-state index in [0.717, 1.165) is 44.7 Å². The highest BCUT2D eigenvalue weighted by molar-refractivity contribution is 5.97. The monoisotopic (exact) mass is 497 g/mol. The van der Waals surface area contributed by atoms with Gasteiger partial charge in [0.15, 0.2) is 11.6 Å². The van der Waals surface area contributed by atoms with Crippen molar-refractivity contribution in [1.29, 1.82) is 0 Å². The summed E-state index contributed by atoms with van der Waals surface area (Å²) < 4.78 is 70.3. The Bertz CT molecular complexity index is 1250. The highest BCUT2D eigenvalue weighted by Crippen LogP contribution is 2.41. The lowest BCUT2D eigenvalue weighted by Crippen LogP contribution is -2.41. The number of aromatic amines is 1. The van der Waals surface area contributed by atoms with Crippen molar-refractivity contribution in [3.8, 4) is 17.1 Å². The van der Waals surface area contributed by atoms with Gasteiger partial charge in [-0.25, -0.2) is 23.5 Å². The first kappa shape index (κ1) is 23.3. The van der Waals surface area contributed by atoms with Crippen LogP contribution < -0.4 is 15.0 Å². The molecule has 9 nitrogen and oxygen atoms in total. The fourth-order valence-corrected chi connectivity index (χ4v) is 4.68. The number of esters is 1. The van der Waals surface area contributed by atoms with Crippen LogP contribution in [0.1, 0.15) is 31.4 Å². The summed E-state index contributed by atoms with van der Waals surface area (Å²) in [6, 6.07) is 0. The van der Waals surface area contributed by atoms with Gasteiger partial charge >= 0.3 is 12.1 Å². The molecular weight excluding hydrogens is 477 g/mol. The zero-order valence-electron chi connectivity index (χ0n) is 18.2. The molecule has 14 heteroatoms. The number of ether oxygens (including phenoxy) is 1. The fraction of sp³-hybridized carbons (Fsp3) is 0.476. The number of hydrogen-bond acceptors (Lipinski definition) is 8. The fourth-order valence-electron chi connectivity index (χ4n) is 4.68. The maximum atomic E-state index is 13.5. The summed E-state index contributed by atoms with van der Waals surface area (Å²) in [4.78, 5) is 26.0. The van der Waals surface area contributed by atoms with Gasteiger partial charge in [0.05, 0.1) is 35.1 Å². The van der Waals surface area contributed by atoms with Crippen molar-refractivity contribution in [2.75, 3.05) is 31.1 Å². The summed E-state index contributed by atoms with van der Waals surface area (Å²) in [5.74, 6) is -2.79. The van der Waals surface area contributed by atoms with Crippen molar-refractivity contribution in [1.82, 2.24) is 30.5 Å². The SMILES string of the molecule is O=C(Oc1cncc2nc(-c3cn[nH]c3C(F)F)nc(N3CCC4(CCNC4)CC3)c12)C(F)(F)F. The molecule has 0 radical (unpaired) electrons. The molecular formula is C21H20F5N7O2. The number of pyridine rings is 1. The molecule has 5 heterocycles. The van der Waals surface area contributed by atoms with Gasteiger partial charge in [0.25, 0.3) is 6.43 Å². The van der Waals surface area contributed by atoms with Gasteiger partial charge in [-0.1, -0.05) is 0 Å². The number of rotatable bonds is 4. The predicted octanol–water partition coefficient (Wildman–Crippen LogP) is 3.40. The number of halogens is 5. The van der Waals surface area contributed by atoms with E-state index in [1.807, 2.05) is 4.90 Å². The quantitative estimate of drug-likeness (QED) is 0.417. The molecule has 3 aromatic heterocycles. The number of alkyl halides is 5. The first-order valence-electron chi connectivity index (χ1n) is 10.9. The van der Waals surface area contributed by atoms with Crippen LogP contribution in [0.3, 0.4) is 0 Å². The summed E-state index contributed by atoms with van der Waals surface area (Å²) in [7, 11) is 0. The number of hydrogen-bond donors (Lipinski definition) is 2. The molecule has 0 aliphatic carbocycles. The average molecular weight is 497 g/mol. The lowest BCUT2D eigenvalue weighted by molar-refractivity contribution is -0.189. The molecule has 186 valence electrons. The first-order valence-corrected chi connectivity index (χ1v) is 10.9. The van der Waals surface area contributed by atoms with E-state index in [4.69, 9.17) is 0 Å². The molecule has 0 aromatic carbocycles. The van der Waals surface area contributed by atoms with Gasteiger partial charge in [-0.3, -0.25) is 10.1 Å². The van der Waals surface area contributed by atoms with Crippen LogP contribution in [0.5, 0.6) is 5.75 Å². The Morgan fingerprint density at radius 1 is 1.11 bits per heavy atom. The molecule has 0 bridgehead atoms. The second-order valence-electron chi connectivity index (χ2n) is 8.70. The number of nitrogens with one attached hydrogen (secondary N) is 2. The molecule has 2 fully saturated rings. The minimum atomic E-state index is -5.22. The number of anilines is 1. The Labute approximate surface area is 195 Å². The summed E-state index contributed by atoms with van der Waals surface area (Å²) in [6.07, 6.45) is -2.09. The molecule has 3 aromatic rings. The van der Waals surface area contributed by atoms with Crippen LogP contribution in [0.15, 0.2) is 18.6 Å². The van der Waals surface area contributed by atoms with Gasteiger partial charge in [0, 0.05) is 19.6 Å². The zero-order chi connectivity index (χ0) is 24.8. The Hall–Kier alpha value is -3.42. The van der Waals surface area contributed by atoms with E-state index in [-0.39, 0.29) is 33.5 Å². The second kappa shape index (κ2) is 8.66. The predicted molar refractivity (Wildman–Crippen MR) is 113 cm³/mol. The lowest BCUT2D eigenvalue weighted by atomic mass is 9.78. The van der Waals surface area contributed by atoms with Crippen molar-refractivity contribution < 1.29 is 31.5 Å². The molecule has 2 saturated heterocycles. The van der Waals surface area contributed by atoms with E-state index in [2.05, 4.69) is 35.2 Å². The molecule has 2 aliphatic rings. The molecule has 0 atom stereocenters. The normalized spacial score (nSPS) is 18.1. The molecule has 1 spiro atoms. The van der Waals surface area contributed by atoms with Gasteiger partial charge in [-0.05, 0) is 31.2 Å². The van der Waals surface area contributed by atoms with Crippen molar-refractivity contribution in [3.05, 3.63) is 24.3 Å². The van der Waals surface area contributed by atoms with Crippen LogP contribution in [0.2, 0.25) is 0 Å². The largest absolute Gasteiger partial charge is 0.491 e. The number of nitrogens with zero attached hydrogens (tertiary/aromatic N) is 5. The van der Waals surface area contributed by atoms with E-state index in [1.165, 1.54) is 6.20 Å². The second-order valence-corrected chi connectivity index (χ2v) is 8.70. The van der Waals surface area contributed by atoms with Crippen LogP contribution in [-0.4, -0.2) is 63.5 Å². The molecule has 0 unspecified atom stereocenters. The summed E-state index contributed by atoms with van der Waals surface area (Å²) in [5, 5.41) is 9.29. The molecule has 35 heavy (non-hydrogen) atoms. The topological polar surface area (TPSA) is 109 Å². The average Bonchev–Trinajstić information content (AvgIpc) is 3.49. The third-order valence-corrected chi connectivity index (χ3v) is 6.57. The molecule has 5 rings (SSSR count). The number of piperidine rings is 1. The standard InChI is InChI=1S/C21H20F5N7O2/c22-16(23)15-11(7-29-32-15)17-30-12-8-28-9-13(35-19(34)21(24,25)26)14(12)18(31-17)33-5-2-20(3-6-33)1-4-27-10-20/h7-9,16,27H,1-6,10H2,(H,29,32). The first-order chi connectivity index (χ1) is 16.7. The Balaban J connectivity index is 1.62. The highest BCUT2D eigenvalue weighted by Gasteiger charge is 2.42. The third kappa shape index (κ3) is 4.37. The van der Waals surface area contributed by atoms with Crippen LogP contribution in [0.25, 0.3) is 22.3 Å². The molecule has 2 aliphatic heterocycles. The van der Waals surface area contributed by atoms with Crippen molar-refractivity contribution in [3.63, 3.8) is 0 Å². The van der Waals surface area contributed by atoms with Crippen LogP contribution in [0.4, 0.5) is 27.8 Å². The van der Waals surface area contributed by atoms with Crippen molar-refractivity contribution >= 4 is 22.7 Å². The van der Waals surface area contributed by atoms with Gasteiger partial charge in [0.1, 0.15) is 11.5 Å². The summed E-state index contributed by atoms with van der Waals surface area (Å²) >= 11 is 0. The van der Waals surface area contributed by atoms with Crippen LogP contribution in [0, 0.1) is 5.41 Å². The van der Waals surface area contributed by atoms with Gasteiger partial charge < -0.3 is 15.0 Å². The summed E-state index contributed by atoms with van der Waals surface area (Å²) in [6.45, 7) is 2.84. The van der Waals surface area contributed by atoms with E-state index in [1.54, 1.807) is 0 Å². The number of fused-ring (bicyclic) bond motifs is 1. The number of carbonyl (C=O) groups is 1. The van der Waals surface area contributed by atoms with Gasteiger partial charge in [-0.15, -0.1) is 0 Å². The Kier molecular flexibility index (Phi) is 5.77. The van der Waals surface area contributed by atoms with Crippen LogP contribution >= 0.6 is 0 Å². The van der Waals surface area contributed by atoms with Crippen molar-refractivity contribution in [2.45, 2.75) is 31.9 Å². The molecule has 0 amide bonds. The zero-order valence-corrected chi connectivity index (χ0v) is 18.2. The van der Waals surface area contributed by atoms with E-state index in [9.17, 15) is 26.7 Å². The Morgan fingerprint density at radius 3 is 2.54 bits per heavy atom. The minimum absolute atomic E-state index is 0.0433. The van der Waals surface area contributed by atoms with Crippen molar-refractivity contribution in [2.24, 2.45) is 5.41 Å². The van der Waals surface area contributed by atoms with E-state index >= 15 is 0 Å². The third-order valence-electron chi connectivity index (χ3n) is 6.57. The number of carbonyl (C=O) groups excluding carboxylic acids is 1. The minimum Gasteiger partial charge on any atom is -0.417 e. The maximum Gasteiger partial charge on any atom is 0.491 e. The van der Waals surface area contributed by atoms with Crippen LogP contribution in [-0.2, 0) is 4.79 Å². The highest BCUT2D eigenvalue weighted by atomic mass is 19.4.